The highest BCUT2D eigenvalue weighted by atomic mass is 16.6. The third-order valence-corrected chi connectivity index (χ3v) is 4.70. The number of hydrogen-bond acceptors (Lipinski definition) is 6. The Balaban J connectivity index is 1.68. The molecular formula is C23H24NO6-. The average molecular weight is 410 g/mol. The molecule has 1 aliphatic rings. The van der Waals surface area contributed by atoms with Crippen LogP contribution in [0.25, 0.3) is 11.1 Å². The van der Waals surface area contributed by atoms with Crippen LogP contribution in [0.4, 0.5) is 4.79 Å². The van der Waals surface area contributed by atoms with Gasteiger partial charge in [-0.15, -0.1) is 0 Å². The predicted molar refractivity (Wildman–Crippen MR) is 107 cm³/mol. The summed E-state index contributed by atoms with van der Waals surface area (Å²) in [6.07, 6.45) is -1.60. The first-order valence-corrected chi connectivity index (χ1v) is 9.70. The molecule has 2 aromatic carbocycles. The monoisotopic (exact) mass is 410 g/mol. The van der Waals surface area contributed by atoms with Crippen molar-refractivity contribution in [2.45, 2.75) is 44.8 Å². The van der Waals surface area contributed by atoms with Crippen molar-refractivity contribution in [3.05, 3.63) is 59.7 Å². The van der Waals surface area contributed by atoms with E-state index in [2.05, 4.69) is 5.32 Å². The van der Waals surface area contributed by atoms with Crippen LogP contribution in [0, 0.1) is 0 Å². The zero-order chi connectivity index (χ0) is 21.9. The number of amides is 1. The number of carbonyl (C=O) groups is 3. The van der Waals surface area contributed by atoms with E-state index >= 15 is 0 Å². The van der Waals surface area contributed by atoms with Gasteiger partial charge >= 0.3 is 12.1 Å². The molecular weight excluding hydrogens is 386 g/mol. The van der Waals surface area contributed by atoms with E-state index in [0.717, 1.165) is 22.3 Å². The molecule has 1 aliphatic carbocycles. The van der Waals surface area contributed by atoms with E-state index in [0.29, 0.717) is 0 Å². The van der Waals surface area contributed by atoms with Gasteiger partial charge in [-0.1, -0.05) is 48.5 Å². The number of hydrogen-bond donors (Lipinski definition) is 1. The van der Waals surface area contributed by atoms with Gasteiger partial charge in [0, 0.05) is 18.3 Å². The van der Waals surface area contributed by atoms with Crippen LogP contribution in [-0.4, -0.2) is 36.3 Å². The Labute approximate surface area is 175 Å². The molecule has 0 aliphatic heterocycles. The van der Waals surface area contributed by atoms with Gasteiger partial charge in [0.25, 0.3) is 0 Å². The Bertz CT molecular complexity index is 917. The van der Waals surface area contributed by atoms with Crippen molar-refractivity contribution in [3.63, 3.8) is 0 Å². The molecule has 0 unspecified atom stereocenters. The van der Waals surface area contributed by atoms with E-state index in [1.807, 2.05) is 48.5 Å². The van der Waals surface area contributed by atoms with Crippen LogP contribution in [0.3, 0.4) is 0 Å². The maximum atomic E-state index is 12.3. The Morgan fingerprint density at radius 3 is 2.03 bits per heavy atom. The molecule has 0 heterocycles. The number of benzene rings is 2. The van der Waals surface area contributed by atoms with Crippen LogP contribution in [0.1, 0.15) is 44.2 Å². The Hall–Kier alpha value is -3.35. The summed E-state index contributed by atoms with van der Waals surface area (Å²) in [4.78, 5) is 35.6. The number of carboxylic acid groups (broad SMARTS) is 1. The van der Waals surface area contributed by atoms with E-state index in [9.17, 15) is 19.5 Å². The Morgan fingerprint density at radius 1 is 1.00 bits per heavy atom. The number of aliphatic carboxylic acids is 1. The molecule has 0 saturated carbocycles. The lowest BCUT2D eigenvalue weighted by Crippen LogP contribution is -2.47. The van der Waals surface area contributed by atoms with Crippen LogP contribution >= 0.6 is 0 Å². The third-order valence-electron chi connectivity index (χ3n) is 4.70. The number of alkyl carbamates (subject to hydrolysis) is 1. The van der Waals surface area contributed by atoms with E-state index in [1.54, 1.807) is 20.8 Å². The van der Waals surface area contributed by atoms with Gasteiger partial charge in [-0.3, -0.25) is 0 Å². The highest BCUT2D eigenvalue weighted by Crippen LogP contribution is 2.44. The first kappa shape index (κ1) is 21.4. The maximum absolute atomic E-state index is 12.3. The summed E-state index contributed by atoms with van der Waals surface area (Å²) in [6.45, 7) is 4.99. The fourth-order valence-electron chi connectivity index (χ4n) is 3.52. The number of nitrogens with one attached hydrogen (secondary N) is 1. The molecule has 0 saturated heterocycles. The molecule has 1 N–H and O–H groups in total. The minimum atomic E-state index is -1.48. The van der Waals surface area contributed by atoms with Crippen molar-refractivity contribution in [3.8, 4) is 11.1 Å². The predicted octanol–water partition coefficient (Wildman–Crippen LogP) is 2.38. The van der Waals surface area contributed by atoms with Crippen molar-refractivity contribution in [2.24, 2.45) is 0 Å². The van der Waals surface area contributed by atoms with Crippen LogP contribution in [0.15, 0.2) is 48.5 Å². The molecule has 0 fully saturated rings. The number of ether oxygens (including phenoxy) is 2. The fraction of sp³-hybridized carbons (Fsp3) is 0.348. The lowest BCUT2D eigenvalue weighted by molar-refractivity contribution is -0.306. The minimum Gasteiger partial charge on any atom is -0.550 e. The molecule has 0 radical (unpaired) electrons. The van der Waals surface area contributed by atoms with Gasteiger partial charge in [-0.05, 0) is 43.0 Å². The summed E-state index contributed by atoms with van der Waals surface area (Å²) in [5.41, 5.74) is 3.44. The summed E-state index contributed by atoms with van der Waals surface area (Å²) in [6, 6.07) is 14.4. The van der Waals surface area contributed by atoms with Crippen molar-refractivity contribution in [1.82, 2.24) is 5.32 Å². The van der Waals surface area contributed by atoms with E-state index < -0.39 is 36.1 Å². The second-order valence-corrected chi connectivity index (χ2v) is 8.13. The largest absolute Gasteiger partial charge is 0.550 e. The normalized spacial score (nSPS) is 13.7. The second-order valence-electron chi connectivity index (χ2n) is 8.13. The van der Waals surface area contributed by atoms with Gasteiger partial charge < -0.3 is 24.7 Å². The van der Waals surface area contributed by atoms with Gasteiger partial charge in [0.05, 0.1) is 0 Å². The molecule has 7 heteroatoms. The number of carboxylic acids is 1. The minimum absolute atomic E-state index is 0.0478. The molecule has 7 nitrogen and oxygen atoms in total. The van der Waals surface area contributed by atoms with Crippen molar-refractivity contribution >= 4 is 18.0 Å². The van der Waals surface area contributed by atoms with Gasteiger partial charge in [-0.25, -0.2) is 9.59 Å². The Kier molecular flexibility index (Phi) is 6.10. The summed E-state index contributed by atoms with van der Waals surface area (Å²) in [7, 11) is 0. The SMILES string of the molecule is CC(C)(C)OC(=O)[C@@H](CC(=O)[O-])NC(=O)OCC1c2ccccc2-c2ccccc21. The first-order chi connectivity index (χ1) is 14.2. The van der Waals surface area contributed by atoms with E-state index in [-0.39, 0.29) is 12.5 Å². The van der Waals surface area contributed by atoms with Crippen LogP contribution < -0.4 is 10.4 Å². The van der Waals surface area contributed by atoms with Gasteiger partial charge in [0.15, 0.2) is 0 Å². The van der Waals surface area contributed by atoms with Gasteiger partial charge in [0.1, 0.15) is 18.2 Å². The molecule has 0 aromatic heterocycles. The summed E-state index contributed by atoms with van der Waals surface area (Å²) < 4.78 is 10.5. The standard InChI is InChI=1S/C23H25NO6/c1-23(2,3)30-21(27)19(12-20(25)26)24-22(28)29-13-18-16-10-6-4-8-14(16)15-9-5-7-11-17(15)18/h4-11,18-19H,12-13H2,1-3H3,(H,24,28)(H,25,26)/p-1/t19-/m1/s1. The second kappa shape index (κ2) is 8.57. The zero-order valence-electron chi connectivity index (χ0n) is 17.1. The topological polar surface area (TPSA) is 105 Å². The van der Waals surface area contributed by atoms with Crippen LogP contribution in [0.2, 0.25) is 0 Å². The zero-order valence-corrected chi connectivity index (χ0v) is 17.1. The molecule has 158 valence electrons. The summed E-state index contributed by atoms with van der Waals surface area (Å²) in [5.74, 6) is -2.49. The molecule has 1 atom stereocenters. The van der Waals surface area contributed by atoms with Crippen molar-refractivity contribution in [2.75, 3.05) is 6.61 Å². The first-order valence-electron chi connectivity index (χ1n) is 9.70. The average Bonchev–Trinajstić information content (AvgIpc) is 2.98. The number of fused-ring (bicyclic) bond motifs is 3. The smallest absolute Gasteiger partial charge is 0.407 e. The molecule has 1 amide bonds. The molecule has 30 heavy (non-hydrogen) atoms. The molecule has 0 bridgehead atoms. The highest BCUT2D eigenvalue weighted by Gasteiger charge is 2.31. The number of rotatable bonds is 6. The summed E-state index contributed by atoms with van der Waals surface area (Å²) in [5, 5.41) is 13.3. The van der Waals surface area contributed by atoms with Gasteiger partial charge in [-0.2, -0.15) is 0 Å². The van der Waals surface area contributed by atoms with E-state index in [1.165, 1.54) is 0 Å². The van der Waals surface area contributed by atoms with Crippen molar-refractivity contribution < 1.29 is 29.0 Å². The van der Waals surface area contributed by atoms with E-state index in [4.69, 9.17) is 9.47 Å². The molecule has 0 spiro atoms. The molecule has 3 rings (SSSR count). The lowest BCUT2D eigenvalue weighted by atomic mass is 9.98. The number of carbonyl (C=O) groups excluding carboxylic acids is 3. The van der Waals surface area contributed by atoms with Crippen molar-refractivity contribution in [1.29, 1.82) is 0 Å². The lowest BCUT2D eigenvalue weighted by Gasteiger charge is -2.25. The van der Waals surface area contributed by atoms with Crippen LogP contribution in [0.5, 0.6) is 0 Å². The van der Waals surface area contributed by atoms with Crippen LogP contribution in [-0.2, 0) is 19.1 Å². The fourth-order valence-corrected chi connectivity index (χ4v) is 3.52. The Morgan fingerprint density at radius 2 is 1.53 bits per heavy atom. The third kappa shape index (κ3) is 4.97. The number of esters is 1. The highest BCUT2D eigenvalue weighted by molar-refractivity contribution is 5.85. The summed E-state index contributed by atoms with van der Waals surface area (Å²) >= 11 is 0. The molecule has 2 aromatic rings. The van der Waals surface area contributed by atoms with Gasteiger partial charge in [0.2, 0.25) is 0 Å². The quantitative estimate of drug-likeness (QED) is 0.733. The maximum Gasteiger partial charge on any atom is 0.407 e.